The normalized spacial score (nSPS) is 13.0. The summed E-state index contributed by atoms with van der Waals surface area (Å²) < 4.78 is 0. The molecule has 0 amide bonds. The van der Waals surface area contributed by atoms with Crippen LogP contribution in [0, 0.1) is 0 Å². The fraction of sp³-hybridized carbons (Fsp3) is 0.200. The number of anilines is 1. The number of rotatable bonds is 1. The first-order valence-corrected chi connectivity index (χ1v) is 4.08. The van der Waals surface area contributed by atoms with Crippen LogP contribution in [0.3, 0.4) is 0 Å². The van der Waals surface area contributed by atoms with Crippen LogP contribution < -0.4 is 11.5 Å². The van der Waals surface area contributed by atoms with Crippen molar-refractivity contribution in [3.05, 3.63) is 17.0 Å². The molecule has 11 heavy (non-hydrogen) atoms. The first-order chi connectivity index (χ1) is 5.13. The summed E-state index contributed by atoms with van der Waals surface area (Å²) in [5.74, 6) is 0.300. The zero-order valence-electron chi connectivity index (χ0n) is 5.46. The van der Waals surface area contributed by atoms with Crippen LogP contribution in [0.5, 0.6) is 0 Å². The lowest BCUT2D eigenvalue weighted by Crippen LogP contribution is -2.08. The average Bonchev–Trinajstić information content (AvgIpc) is 1.85. The molecule has 4 N–H and O–H groups in total. The minimum absolute atomic E-state index is 0.280. The monoisotopic (exact) mass is 236 g/mol. The molecule has 0 aliphatic rings. The minimum Gasteiger partial charge on any atom is -0.383 e. The Morgan fingerprint density at radius 3 is 2.55 bits per heavy atom. The van der Waals surface area contributed by atoms with Gasteiger partial charge in [-0.25, -0.2) is 9.97 Å². The van der Waals surface area contributed by atoms with Crippen LogP contribution in [0.4, 0.5) is 5.82 Å². The van der Waals surface area contributed by atoms with Gasteiger partial charge in [-0.2, -0.15) is 0 Å². The first-order valence-electron chi connectivity index (χ1n) is 2.78. The molecule has 1 atom stereocenters. The predicted molar refractivity (Wildman–Crippen MR) is 47.3 cm³/mol. The number of aromatic nitrogens is 2. The summed E-state index contributed by atoms with van der Waals surface area (Å²) in [7, 11) is 0. The van der Waals surface area contributed by atoms with Crippen molar-refractivity contribution in [2.24, 2.45) is 5.73 Å². The van der Waals surface area contributed by atoms with Crippen LogP contribution in [-0.2, 0) is 0 Å². The molecule has 0 fully saturated rings. The van der Waals surface area contributed by atoms with E-state index in [0.29, 0.717) is 11.4 Å². The summed E-state index contributed by atoms with van der Waals surface area (Å²) in [5.41, 5.74) is 11.5. The summed E-state index contributed by atoms with van der Waals surface area (Å²) in [4.78, 5) is 7.04. The maximum Gasteiger partial charge on any atom is 0.140 e. The van der Waals surface area contributed by atoms with E-state index in [-0.39, 0.29) is 5.15 Å². The summed E-state index contributed by atoms with van der Waals surface area (Å²) in [5, 5.41) is 0.280. The molecule has 4 nitrogen and oxygen atoms in total. The molecule has 1 rings (SSSR count). The van der Waals surface area contributed by atoms with Crippen molar-refractivity contribution in [2.75, 3.05) is 5.73 Å². The standard InChI is InChI=1S/C5H6BrClN4/c6-3(8)2-4(7)10-1-11-5(2)9/h1,3H,8H2,(H2,9,10,11). The van der Waals surface area contributed by atoms with Crippen LogP contribution in [0.25, 0.3) is 0 Å². The highest BCUT2D eigenvalue weighted by atomic mass is 79.9. The van der Waals surface area contributed by atoms with Gasteiger partial charge in [-0.15, -0.1) is 0 Å². The van der Waals surface area contributed by atoms with E-state index in [4.69, 9.17) is 23.1 Å². The molecule has 1 aromatic heterocycles. The molecule has 0 spiro atoms. The highest BCUT2D eigenvalue weighted by molar-refractivity contribution is 9.09. The summed E-state index contributed by atoms with van der Waals surface area (Å²) in [6.07, 6.45) is 1.29. The third kappa shape index (κ3) is 1.79. The van der Waals surface area contributed by atoms with E-state index in [0.717, 1.165) is 0 Å². The van der Waals surface area contributed by atoms with E-state index < -0.39 is 4.95 Å². The van der Waals surface area contributed by atoms with Crippen LogP contribution in [0.15, 0.2) is 6.33 Å². The zero-order valence-corrected chi connectivity index (χ0v) is 7.80. The van der Waals surface area contributed by atoms with Gasteiger partial charge in [0.2, 0.25) is 0 Å². The van der Waals surface area contributed by atoms with Gasteiger partial charge in [0.15, 0.2) is 0 Å². The second-order valence-corrected chi connectivity index (χ2v) is 3.21. The maximum atomic E-state index is 5.68. The Morgan fingerprint density at radius 1 is 1.55 bits per heavy atom. The van der Waals surface area contributed by atoms with Crippen LogP contribution in [-0.4, -0.2) is 9.97 Å². The lowest BCUT2D eigenvalue weighted by atomic mass is 10.3. The maximum absolute atomic E-state index is 5.68. The van der Waals surface area contributed by atoms with Gasteiger partial charge in [0.1, 0.15) is 17.3 Å². The lowest BCUT2D eigenvalue weighted by Gasteiger charge is -2.06. The van der Waals surface area contributed by atoms with Gasteiger partial charge in [0.05, 0.1) is 10.5 Å². The summed E-state index contributed by atoms with van der Waals surface area (Å²) in [6, 6.07) is 0. The SMILES string of the molecule is Nc1ncnc(Cl)c1C(N)Br. The van der Waals surface area contributed by atoms with Crippen LogP contribution in [0.2, 0.25) is 5.15 Å². The lowest BCUT2D eigenvalue weighted by molar-refractivity contribution is 1.01. The minimum atomic E-state index is -0.420. The Balaban J connectivity index is 3.21. The fourth-order valence-corrected chi connectivity index (χ4v) is 1.48. The smallest absolute Gasteiger partial charge is 0.140 e. The summed E-state index contributed by atoms with van der Waals surface area (Å²) in [6.45, 7) is 0. The largest absolute Gasteiger partial charge is 0.383 e. The number of alkyl halides is 1. The molecule has 6 heteroatoms. The van der Waals surface area contributed by atoms with Gasteiger partial charge < -0.3 is 11.5 Å². The second kappa shape index (κ2) is 3.34. The number of nitrogen functional groups attached to an aromatic ring is 1. The molecule has 0 radical (unpaired) electrons. The molecule has 0 bridgehead atoms. The molecule has 0 aliphatic carbocycles. The third-order valence-electron chi connectivity index (χ3n) is 1.14. The molecule has 0 saturated carbocycles. The highest BCUT2D eigenvalue weighted by Crippen LogP contribution is 2.26. The molecule has 1 aromatic rings. The zero-order chi connectivity index (χ0) is 8.43. The topological polar surface area (TPSA) is 77.8 Å². The number of nitrogens with zero attached hydrogens (tertiary/aromatic N) is 2. The highest BCUT2D eigenvalue weighted by Gasteiger charge is 2.11. The Bertz CT molecular complexity index is 244. The van der Waals surface area contributed by atoms with Gasteiger partial charge >= 0.3 is 0 Å². The van der Waals surface area contributed by atoms with E-state index >= 15 is 0 Å². The molecule has 60 valence electrons. The quantitative estimate of drug-likeness (QED) is 0.435. The average molecular weight is 237 g/mol. The van der Waals surface area contributed by atoms with Crippen molar-refractivity contribution in [3.63, 3.8) is 0 Å². The Morgan fingerprint density at radius 2 is 2.18 bits per heavy atom. The van der Waals surface area contributed by atoms with Gasteiger partial charge in [-0.1, -0.05) is 27.5 Å². The van der Waals surface area contributed by atoms with E-state index in [1.165, 1.54) is 6.33 Å². The Labute approximate surface area is 77.1 Å². The van der Waals surface area contributed by atoms with E-state index in [1.54, 1.807) is 0 Å². The van der Waals surface area contributed by atoms with Crippen molar-refractivity contribution >= 4 is 33.3 Å². The van der Waals surface area contributed by atoms with Crippen molar-refractivity contribution in [1.82, 2.24) is 9.97 Å². The van der Waals surface area contributed by atoms with Crippen molar-refractivity contribution < 1.29 is 0 Å². The van der Waals surface area contributed by atoms with Gasteiger partial charge in [-0.05, 0) is 0 Å². The van der Waals surface area contributed by atoms with Gasteiger partial charge in [0, 0.05) is 0 Å². The number of hydrogen-bond donors (Lipinski definition) is 2. The van der Waals surface area contributed by atoms with E-state index in [9.17, 15) is 0 Å². The first kappa shape index (κ1) is 8.70. The second-order valence-electron chi connectivity index (χ2n) is 1.87. The third-order valence-corrected chi connectivity index (χ3v) is 1.90. The number of nitrogens with two attached hydrogens (primary N) is 2. The van der Waals surface area contributed by atoms with E-state index in [1.807, 2.05) is 0 Å². The molecule has 0 saturated heterocycles. The molecular formula is C5H6BrClN4. The van der Waals surface area contributed by atoms with Crippen molar-refractivity contribution in [2.45, 2.75) is 4.95 Å². The number of halogens is 2. The van der Waals surface area contributed by atoms with Crippen molar-refractivity contribution in [3.8, 4) is 0 Å². The molecule has 1 unspecified atom stereocenters. The fourth-order valence-electron chi connectivity index (χ4n) is 0.642. The Hall–Kier alpha value is -0.390. The predicted octanol–water partition coefficient (Wildman–Crippen LogP) is 1.06. The Kier molecular flexibility index (Phi) is 2.64. The number of hydrogen-bond acceptors (Lipinski definition) is 4. The van der Waals surface area contributed by atoms with Crippen LogP contribution >= 0.6 is 27.5 Å². The molecule has 1 heterocycles. The molecule has 0 aromatic carbocycles. The molecular weight excluding hydrogens is 231 g/mol. The van der Waals surface area contributed by atoms with Crippen molar-refractivity contribution in [1.29, 1.82) is 0 Å². The summed E-state index contributed by atoms with van der Waals surface area (Å²) >= 11 is 8.80. The van der Waals surface area contributed by atoms with Gasteiger partial charge in [0.25, 0.3) is 0 Å². The van der Waals surface area contributed by atoms with Crippen LogP contribution in [0.1, 0.15) is 10.5 Å². The van der Waals surface area contributed by atoms with E-state index in [2.05, 4.69) is 25.9 Å². The van der Waals surface area contributed by atoms with Gasteiger partial charge in [-0.3, -0.25) is 0 Å². The molecule has 0 aliphatic heterocycles.